The number of rotatable bonds is 2. The molecule has 0 aliphatic heterocycles. The number of urea groups is 1. The molecule has 0 aliphatic rings. The Hall–Kier alpha value is -1.17. The standard InChI is InChI=1S/C8H14N2O/c1-5-6-10(4)8(11)9-7(2)3/h1,7H,6H2,2-4H3,(H,9,11). The number of carbonyl (C=O) groups is 1. The van der Waals surface area contributed by atoms with E-state index in [0.29, 0.717) is 6.54 Å². The summed E-state index contributed by atoms with van der Waals surface area (Å²) in [4.78, 5) is 12.5. The molecule has 0 spiro atoms. The van der Waals surface area contributed by atoms with Crippen molar-refractivity contribution >= 4 is 6.03 Å². The third-order valence-corrected chi connectivity index (χ3v) is 1.09. The first kappa shape index (κ1) is 9.83. The van der Waals surface area contributed by atoms with Crippen molar-refractivity contribution in [2.24, 2.45) is 0 Å². The zero-order valence-corrected chi connectivity index (χ0v) is 7.22. The van der Waals surface area contributed by atoms with Gasteiger partial charge in [-0.2, -0.15) is 0 Å². The van der Waals surface area contributed by atoms with Gasteiger partial charge in [-0.25, -0.2) is 4.79 Å². The van der Waals surface area contributed by atoms with Crippen molar-refractivity contribution in [2.75, 3.05) is 13.6 Å². The van der Waals surface area contributed by atoms with Gasteiger partial charge in [0.05, 0.1) is 6.54 Å². The van der Waals surface area contributed by atoms with Crippen molar-refractivity contribution in [2.45, 2.75) is 19.9 Å². The van der Waals surface area contributed by atoms with Gasteiger partial charge < -0.3 is 10.2 Å². The molecule has 0 aliphatic carbocycles. The summed E-state index contributed by atoms with van der Waals surface area (Å²) in [6.45, 7) is 4.15. The number of terminal acetylenes is 1. The molecule has 0 aromatic heterocycles. The maximum Gasteiger partial charge on any atom is 0.318 e. The van der Waals surface area contributed by atoms with Crippen molar-refractivity contribution in [3.63, 3.8) is 0 Å². The first-order chi connectivity index (χ1) is 5.07. The highest BCUT2D eigenvalue weighted by molar-refractivity contribution is 5.74. The number of hydrogen-bond acceptors (Lipinski definition) is 1. The second kappa shape index (κ2) is 4.62. The molecular formula is C8H14N2O. The Bertz CT molecular complexity index is 169. The van der Waals surface area contributed by atoms with Gasteiger partial charge in [-0.3, -0.25) is 0 Å². The van der Waals surface area contributed by atoms with E-state index in [4.69, 9.17) is 6.42 Å². The van der Waals surface area contributed by atoms with Crippen LogP contribution < -0.4 is 5.32 Å². The van der Waals surface area contributed by atoms with Crippen molar-refractivity contribution in [1.82, 2.24) is 10.2 Å². The number of hydrogen-bond donors (Lipinski definition) is 1. The largest absolute Gasteiger partial charge is 0.336 e. The Morgan fingerprint density at radius 3 is 2.64 bits per heavy atom. The lowest BCUT2D eigenvalue weighted by Crippen LogP contribution is -2.40. The van der Waals surface area contributed by atoms with Crippen LogP contribution in [0.3, 0.4) is 0 Å². The highest BCUT2D eigenvalue weighted by atomic mass is 16.2. The average Bonchev–Trinajstić information content (AvgIpc) is 1.86. The van der Waals surface area contributed by atoms with Gasteiger partial charge in [-0.1, -0.05) is 5.92 Å². The van der Waals surface area contributed by atoms with E-state index in [1.807, 2.05) is 13.8 Å². The molecule has 11 heavy (non-hydrogen) atoms. The van der Waals surface area contributed by atoms with Crippen LogP contribution in [0, 0.1) is 12.3 Å². The SMILES string of the molecule is C#CCN(C)C(=O)NC(C)C. The van der Waals surface area contributed by atoms with Crippen LogP contribution in [-0.2, 0) is 0 Å². The summed E-state index contributed by atoms with van der Waals surface area (Å²) in [5.74, 6) is 2.39. The molecule has 0 atom stereocenters. The van der Waals surface area contributed by atoms with Crippen LogP contribution in [0.1, 0.15) is 13.8 Å². The van der Waals surface area contributed by atoms with E-state index in [-0.39, 0.29) is 12.1 Å². The van der Waals surface area contributed by atoms with Crippen LogP contribution in [0.25, 0.3) is 0 Å². The highest BCUT2D eigenvalue weighted by Gasteiger charge is 2.06. The van der Waals surface area contributed by atoms with E-state index in [1.165, 1.54) is 4.90 Å². The summed E-state index contributed by atoms with van der Waals surface area (Å²) in [5, 5.41) is 2.72. The monoisotopic (exact) mass is 154 g/mol. The molecule has 62 valence electrons. The lowest BCUT2D eigenvalue weighted by molar-refractivity contribution is 0.211. The number of nitrogens with one attached hydrogen (secondary N) is 1. The lowest BCUT2D eigenvalue weighted by Gasteiger charge is -2.16. The summed E-state index contributed by atoms with van der Waals surface area (Å²) < 4.78 is 0. The molecule has 0 saturated heterocycles. The van der Waals surface area contributed by atoms with E-state index >= 15 is 0 Å². The average molecular weight is 154 g/mol. The molecule has 0 fully saturated rings. The normalized spacial score (nSPS) is 9.00. The predicted octanol–water partition coefficient (Wildman–Crippen LogP) is 0.669. The first-order valence-electron chi connectivity index (χ1n) is 3.53. The minimum absolute atomic E-state index is 0.127. The van der Waals surface area contributed by atoms with Gasteiger partial charge in [0, 0.05) is 13.1 Å². The van der Waals surface area contributed by atoms with Gasteiger partial charge in [0.2, 0.25) is 0 Å². The predicted molar refractivity (Wildman–Crippen MR) is 45.1 cm³/mol. The summed E-state index contributed by atoms with van der Waals surface area (Å²) in [6.07, 6.45) is 5.03. The van der Waals surface area contributed by atoms with Crippen molar-refractivity contribution < 1.29 is 4.79 Å². The second-order valence-corrected chi connectivity index (χ2v) is 2.66. The van der Waals surface area contributed by atoms with Crippen molar-refractivity contribution in [3.8, 4) is 12.3 Å². The highest BCUT2D eigenvalue weighted by Crippen LogP contribution is 1.84. The fraction of sp³-hybridized carbons (Fsp3) is 0.625. The van der Waals surface area contributed by atoms with Crippen LogP contribution in [0.15, 0.2) is 0 Å². The van der Waals surface area contributed by atoms with Crippen molar-refractivity contribution in [1.29, 1.82) is 0 Å². The molecule has 0 bridgehead atoms. The number of nitrogens with zero attached hydrogens (tertiary/aromatic N) is 1. The van der Waals surface area contributed by atoms with Crippen LogP contribution >= 0.6 is 0 Å². The Morgan fingerprint density at radius 1 is 1.73 bits per heavy atom. The Labute approximate surface area is 67.8 Å². The van der Waals surface area contributed by atoms with Crippen LogP contribution in [-0.4, -0.2) is 30.6 Å². The topological polar surface area (TPSA) is 32.3 Å². The summed E-state index contributed by atoms with van der Waals surface area (Å²) in [7, 11) is 1.66. The smallest absolute Gasteiger partial charge is 0.318 e. The molecule has 3 nitrogen and oxygen atoms in total. The molecule has 0 aromatic carbocycles. The Morgan fingerprint density at radius 2 is 2.27 bits per heavy atom. The van der Waals surface area contributed by atoms with Crippen LogP contribution in [0.5, 0.6) is 0 Å². The van der Waals surface area contributed by atoms with E-state index < -0.39 is 0 Å². The maximum atomic E-state index is 11.1. The van der Waals surface area contributed by atoms with Gasteiger partial charge in [0.15, 0.2) is 0 Å². The van der Waals surface area contributed by atoms with Gasteiger partial charge in [0.25, 0.3) is 0 Å². The Kier molecular flexibility index (Phi) is 4.12. The number of carbonyl (C=O) groups excluding carboxylic acids is 1. The molecular weight excluding hydrogens is 140 g/mol. The first-order valence-corrected chi connectivity index (χ1v) is 3.53. The van der Waals surface area contributed by atoms with Gasteiger partial charge >= 0.3 is 6.03 Å². The van der Waals surface area contributed by atoms with Gasteiger partial charge in [-0.05, 0) is 13.8 Å². The van der Waals surface area contributed by atoms with Crippen LogP contribution in [0.2, 0.25) is 0 Å². The molecule has 1 N–H and O–H groups in total. The van der Waals surface area contributed by atoms with Gasteiger partial charge in [0.1, 0.15) is 0 Å². The third-order valence-electron chi connectivity index (χ3n) is 1.09. The summed E-state index contributed by atoms with van der Waals surface area (Å²) in [6, 6.07) is 0.0284. The Balaban J connectivity index is 3.75. The fourth-order valence-electron chi connectivity index (χ4n) is 0.566. The third kappa shape index (κ3) is 4.26. The zero-order chi connectivity index (χ0) is 8.85. The zero-order valence-electron chi connectivity index (χ0n) is 7.22. The molecule has 0 aromatic rings. The molecule has 3 heteroatoms. The quantitative estimate of drug-likeness (QED) is 0.582. The van der Waals surface area contributed by atoms with E-state index in [0.717, 1.165) is 0 Å². The molecule has 0 rings (SSSR count). The second-order valence-electron chi connectivity index (χ2n) is 2.66. The molecule has 2 amide bonds. The van der Waals surface area contributed by atoms with E-state index in [9.17, 15) is 4.79 Å². The molecule has 0 unspecified atom stereocenters. The lowest BCUT2D eigenvalue weighted by atomic mass is 10.4. The summed E-state index contributed by atoms with van der Waals surface area (Å²) >= 11 is 0. The summed E-state index contributed by atoms with van der Waals surface area (Å²) in [5.41, 5.74) is 0. The molecule has 0 radical (unpaired) electrons. The number of amides is 2. The minimum Gasteiger partial charge on any atom is -0.336 e. The van der Waals surface area contributed by atoms with Crippen molar-refractivity contribution in [3.05, 3.63) is 0 Å². The van der Waals surface area contributed by atoms with E-state index in [1.54, 1.807) is 7.05 Å². The molecule has 0 saturated carbocycles. The maximum absolute atomic E-state index is 11.1. The van der Waals surface area contributed by atoms with Crippen LogP contribution in [0.4, 0.5) is 4.79 Å². The molecule has 0 heterocycles. The van der Waals surface area contributed by atoms with Gasteiger partial charge in [-0.15, -0.1) is 6.42 Å². The fourth-order valence-corrected chi connectivity index (χ4v) is 0.566. The van der Waals surface area contributed by atoms with E-state index in [2.05, 4.69) is 11.2 Å². The minimum atomic E-state index is -0.127.